The summed E-state index contributed by atoms with van der Waals surface area (Å²) in [5.74, 6) is 1.89. The Kier molecular flexibility index (Phi) is 6.21. The van der Waals surface area contributed by atoms with Gasteiger partial charge in [0.1, 0.15) is 12.1 Å². The molecule has 1 N–H and O–H groups in total. The van der Waals surface area contributed by atoms with Gasteiger partial charge >= 0.3 is 0 Å². The minimum Gasteiger partial charge on any atom is -0.356 e. The number of carbonyl (C=O) groups is 1. The van der Waals surface area contributed by atoms with Gasteiger partial charge in [-0.15, -0.1) is 0 Å². The van der Waals surface area contributed by atoms with Crippen molar-refractivity contribution in [3.8, 4) is 11.3 Å². The Labute approximate surface area is 155 Å². The van der Waals surface area contributed by atoms with Crippen molar-refractivity contribution in [2.45, 2.75) is 33.1 Å². The van der Waals surface area contributed by atoms with E-state index in [9.17, 15) is 4.79 Å². The minimum atomic E-state index is 0.119. The number of piperidine rings is 1. The molecule has 138 valence electrons. The SMILES string of the molecule is CC(C)CCNC(=O)C1CCN(c2cc(-c3ccccc3)ncn2)CC1. The minimum absolute atomic E-state index is 0.119. The van der Waals surface area contributed by atoms with Crippen LogP contribution in [-0.4, -0.2) is 35.5 Å². The van der Waals surface area contributed by atoms with Crippen LogP contribution >= 0.6 is 0 Å². The lowest BCUT2D eigenvalue weighted by Gasteiger charge is -2.32. The van der Waals surface area contributed by atoms with Crippen LogP contribution in [0.4, 0.5) is 5.82 Å². The molecule has 1 aliphatic heterocycles. The molecule has 1 saturated heterocycles. The molecule has 0 spiro atoms. The van der Waals surface area contributed by atoms with Crippen LogP contribution in [-0.2, 0) is 4.79 Å². The predicted molar refractivity (Wildman–Crippen MR) is 105 cm³/mol. The number of nitrogens with one attached hydrogen (secondary N) is 1. The van der Waals surface area contributed by atoms with Crippen molar-refractivity contribution >= 4 is 11.7 Å². The number of rotatable bonds is 6. The van der Waals surface area contributed by atoms with Crippen LogP contribution < -0.4 is 10.2 Å². The summed E-state index contributed by atoms with van der Waals surface area (Å²) in [5.41, 5.74) is 2.03. The van der Waals surface area contributed by atoms with Gasteiger partial charge < -0.3 is 10.2 Å². The highest BCUT2D eigenvalue weighted by Gasteiger charge is 2.25. The Bertz CT molecular complexity index is 709. The molecule has 5 nitrogen and oxygen atoms in total. The van der Waals surface area contributed by atoms with Crippen LogP contribution in [0.15, 0.2) is 42.7 Å². The zero-order chi connectivity index (χ0) is 18.4. The summed E-state index contributed by atoms with van der Waals surface area (Å²) in [6.07, 6.45) is 4.41. The highest BCUT2D eigenvalue weighted by Crippen LogP contribution is 2.25. The Morgan fingerprint density at radius 2 is 1.92 bits per heavy atom. The smallest absolute Gasteiger partial charge is 0.223 e. The van der Waals surface area contributed by atoms with Gasteiger partial charge in [0.25, 0.3) is 0 Å². The number of amides is 1. The lowest BCUT2D eigenvalue weighted by Crippen LogP contribution is -2.41. The maximum absolute atomic E-state index is 12.3. The lowest BCUT2D eigenvalue weighted by atomic mass is 9.95. The number of hydrogen-bond donors (Lipinski definition) is 1. The number of benzene rings is 1. The standard InChI is InChI=1S/C21H28N4O/c1-16(2)8-11-22-21(26)18-9-12-25(13-10-18)20-14-19(23-15-24-20)17-6-4-3-5-7-17/h3-7,14-16,18H,8-13H2,1-2H3,(H,22,26). The van der Waals surface area contributed by atoms with Crippen molar-refractivity contribution in [1.82, 2.24) is 15.3 Å². The summed E-state index contributed by atoms with van der Waals surface area (Å²) in [5, 5.41) is 3.09. The maximum atomic E-state index is 12.3. The summed E-state index contributed by atoms with van der Waals surface area (Å²) >= 11 is 0. The Morgan fingerprint density at radius 1 is 1.19 bits per heavy atom. The number of nitrogens with zero attached hydrogens (tertiary/aromatic N) is 3. The van der Waals surface area contributed by atoms with E-state index in [2.05, 4.69) is 46.2 Å². The third-order valence-electron chi connectivity index (χ3n) is 4.93. The fourth-order valence-corrected chi connectivity index (χ4v) is 3.29. The average molecular weight is 352 g/mol. The van der Waals surface area contributed by atoms with E-state index in [0.29, 0.717) is 5.92 Å². The van der Waals surface area contributed by atoms with Crippen LogP contribution in [0, 0.1) is 11.8 Å². The van der Waals surface area contributed by atoms with Gasteiger partial charge in [0.15, 0.2) is 0 Å². The monoisotopic (exact) mass is 352 g/mol. The molecule has 5 heteroatoms. The quantitative estimate of drug-likeness (QED) is 0.864. The summed E-state index contributed by atoms with van der Waals surface area (Å²) in [7, 11) is 0. The van der Waals surface area contributed by atoms with Crippen LogP contribution in [0.5, 0.6) is 0 Å². The van der Waals surface area contributed by atoms with E-state index in [0.717, 1.165) is 56.0 Å². The van der Waals surface area contributed by atoms with Gasteiger partial charge in [-0.2, -0.15) is 0 Å². The lowest BCUT2D eigenvalue weighted by molar-refractivity contribution is -0.125. The highest BCUT2D eigenvalue weighted by molar-refractivity contribution is 5.79. The first-order valence-electron chi connectivity index (χ1n) is 9.53. The largest absolute Gasteiger partial charge is 0.356 e. The summed E-state index contributed by atoms with van der Waals surface area (Å²) < 4.78 is 0. The second-order valence-electron chi connectivity index (χ2n) is 7.36. The molecule has 2 heterocycles. The second kappa shape index (κ2) is 8.79. The first-order chi connectivity index (χ1) is 12.6. The highest BCUT2D eigenvalue weighted by atomic mass is 16.1. The van der Waals surface area contributed by atoms with Crippen LogP contribution in [0.3, 0.4) is 0 Å². The number of hydrogen-bond acceptors (Lipinski definition) is 4. The van der Waals surface area contributed by atoms with Gasteiger partial charge in [-0.1, -0.05) is 44.2 Å². The van der Waals surface area contributed by atoms with Crippen molar-refractivity contribution in [1.29, 1.82) is 0 Å². The first-order valence-corrected chi connectivity index (χ1v) is 9.53. The molecule has 1 aliphatic rings. The summed E-state index contributed by atoms with van der Waals surface area (Å²) in [6, 6.07) is 12.2. The van der Waals surface area contributed by atoms with Gasteiger partial charge in [0.05, 0.1) is 5.69 Å². The normalized spacial score (nSPS) is 15.3. The van der Waals surface area contributed by atoms with Gasteiger partial charge in [-0.05, 0) is 25.2 Å². The first kappa shape index (κ1) is 18.4. The van der Waals surface area contributed by atoms with Gasteiger partial charge in [-0.25, -0.2) is 9.97 Å². The molecule has 0 aliphatic carbocycles. The van der Waals surface area contributed by atoms with Crippen molar-refractivity contribution in [3.05, 3.63) is 42.7 Å². The van der Waals surface area contributed by atoms with E-state index >= 15 is 0 Å². The Balaban J connectivity index is 1.56. The zero-order valence-corrected chi connectivity index (χ0v) is 15.7. The Hall–Kier alpha value is -2.43. The fraction of sp³-hybridized carbons (Fsp3) is 0.476. The van der Waals surface area contributed by atoms with Crippen LogP contribution in [0.2, 0.25) is 0 Å². The molecule has 3 rings (SSSR count). The molecule has 0 radical (unpaired) electrons. The van der Waals surface area contributed by atoms with Crippen molar-refractivity contribution < 1.29 is 4.79 Å². The van der Waals surface area contributed by atoms with E-state index in [1.807, 2.05) is 24.3 Å². The number of aromatic nitrogens is 2. The zero-order valence-electron chi connectivity index (χ0n) is 15.7. The van der Waals surface area contributed by atoms with Gasteiger partial charge in [0.2, 0.25) is 5.91 Å². The molecule has 0 atom stereocenters. The number of anilines is 1. The summed E-state index contributed by atoms with van der Waals surface area (Å²) in [6.45, 7) is 6.84. The van der Waals surface area contributed by atoms with Gasteiger partial charge in [0, 0.05) is 37.2 Å². The van der Waals surface area contributed by atoms with E-state index < -0.39 is 0 Å². The maximum Gasteiger partial charge on any atom is 0.223 e. The topological polar surface area (TPSA) is 58.1 Å². The second-order valence-corrected chi connectivity index (χ2v) is 7.36. The molecule has 1 amide bonds. The Morgan fingerprint density at radius 3 is 2.62 bits per heavy atom. The molecular weight excluding hydrogens is 324 g/mol. The van der Waals surface area contributed by atoms with E-state index in [4.69, 9.17) is 0 Å². The van der Waals surface area contributed by atoms with Gasteiger partial charge in [-0.3, -0.25) is 4.79 Å². The van der Waals surface area contributed by atoms with E-state index in [-0.39, 0.29) is 11.8 Å². The van der Waals surface area contributed by atoms with E-state index in [1.54, 1.807) is 6.33 Å². The molecular formula is C21H28N4O. The molecule has 1 fully saturated rings. The third-order valence-corrected chi connectivity index (χ3v) is 4.93. The third kappa shape index (κ3) is 4.81. The van der Waals surface area contributed by atoms with Crippen molar-refractivity contribution in [3.63, 3.8) is 0 Å². The molecule has 0 saturated carbocycles. The molecule has 0 unspecified atom stereocenters. The number of carbonyl (C=O) groups excluding carboxylic acids is 1. The fourth-order valence-electron chi connectivity index (χ4n) is 3.29. The van der Waals surface area contributed by atoms with Crippen LogP contribution in [0.1, 0.15) is 33.1 Å². The molecule has 2 aromatic rings. The average Bonchev–Trinajstić information content (AvgIpc) is 2.68. The molecule has 0 bridgehead atoms. The molecule has 1 aromatic carbocycles. The molecule has 1 aromatic heterocycles. The predicted octanol–water partition coefficient (Wildman–Crippen LogP) is 3.52. The summed E-state index contributed by atoms with van der Waals surface area (Å²) in [4.78, 5) is 23.4. The van der Waals surface area contributed by atoms with Crippen LogP contribution in [0.25, 0.3) is 11.3 Å². The van der Waals surface area contributed by atoms with Crippen molar-refractivity contribution in [2.75, 3.05) is 24.5 Å². The van der Waals surface area contributed by atoms with Crippen molar-refractivity contribution in [2.24, 2.45) is 11.8 Å². The molecule has 26 heavy (non-hydrogen) atoms. The van der Waals surface area contributed by atoms with E-state index in [1.165, 1.54) is 0 Å².